The van der Waals surface area contributed by atoms with Crippen molar-refractivity contribution in [2.45, 2.75) is 6.04 Å². The fourth-order valence-electron chi connectivity index (χ4n) is 1.92. The molecule has 1 atom stereocenters. The Labute approximate surface area is 122 Å². The molecule has 0 saturated heterocycles. The van der Waals surface area contributed by atoms with Crippen LogP contribution in [0.4, 0.5) is 0 Å². The van der Waals surface area contributed by atoms with Gasteiger partial charge in [0, 0.05) is 17.0 Å². The first kappa shape index (κ1) is 15.6. The first-order valence-corrected chi connectivity index (χ1v) is 5.37. The number of fused-ring (bicyclic) bond motifs is 1. The number of hydrogen-bond donors (Lipinski definition) is 3. The van der Waals surface area contributed by atoms with E-state index < -0.39 is 0 Å². The minimum Gasteiger partial charge on any atom is -0.464 e. The molecule has 3 rings (SSSR count). The van der Waals surface area contributed by atoms with Gasteiger partial charge in [0.2, 0.25) is 0 Å². The Hall–Kier alpha value is -1.47. The monoisotopic (exact) mass is 303 g/mol. The fourth-order valence-corrected chi connectivity index (χ4v) is 1.92. The summed E-state index contributed by atoms with van der Waals surface area (Å²) < 4.78 is 5.46. The Balaban J connectivity index is 0.000000902. The minimum atomic E-state index is -0.161. The highest BCUT2D eigenvalue weighted by Crippen LogP contribution is 2.24. The number of nitrogens with two attached hydrogens (primary N) is 1. The lowest BCUT2D eigenvalue weighted by Crippen LogP contribution is -2.43. The van der Waals surface area contributed by atoms with Crippen LogP contribution in [0.25, 0.3) is 11.0 Å². The Morgan fingerprint density at radius 1 is 1.32 bits per heavy atom. The largest absolute Gasteiger partial charge is 0.464 e. The second-order valence-electron chi connectivity index (χ2n) is 3.89. The topological polar surface area (TPSA) is 78.8 Å². The zero-order chi connectivity index (χ0) is 11.7. The van der Waals surface area contributed by atoms with Gasteiger partial charge in [-0.2, -0.15) is 5.10 Å². The van der Waals surface area contributed by atoms with Gasteiger partial charge in [0.05, 0.1) is 12.8 Å². The van der Waals surface area contributed by atoms with Crippen LogP contribution >= 0.6 is 24.8 Å². The van der Waals surface area contributed by atoms with Crippen molar-refractivity contribution in [2.24, 2.45) is 10.8 Å². The van der Waals surface area contributed by atoms with Crippen molar-refractivity contribution in [3.8, 4) is 0 Å². The number of nitrogens with one attached hydrogen (secondary N) is 2. The van der Waals surface area contributed by atoms with Crippen molar-refractivity contribution in [3.05, 3.63) is 36.1 Å². The molecule has 1 aliphatic heterocycles. The summed E-state index contributed by atoms with van der Waals surface area (Å²) in [5, 5.41) is 6.61. The summed E-state index contributed by atoms with van der Waals surface area (Å²) in [6.45, 7) is 0.583. The Morgan fingerprint density at radius 2 is 2.16 bits per heavy atom. The smallest absolute Gasteiger partial charge is 0.138 e. The maximum Gasteiger partial charge on any atom is 0.138 e. The lowest BCUT2D eigenvalue weighted by molar-refractivity contribution is 0.169. The number of furan rings is 1. The predicted molar refractivity (Wildman–Crippen MR) is 79.1 cm³/mol. The second-order valence-corrected chi connectivity index (χ2v) is 3.89. The first-order chi connectivity index (χ1) is 8.34. The molecule has 0 bridgehead atoms. The standard InChI is InChI=1S/C11H13N5O.2ClH/c12-10(6-16-14-7-13-15-16)9-3-1-2-8-4-5-17-11(8)9;;/h1-5,7,10,15H,6,12H2,(H,13,14);2*1H. The lowest BCUT2D eigenvalue weighted by atomic mass is 10.1. The maximum absolute atomic E-state index is 6.16. The van der Waals surface area contributed by atoms with Crippen molar-refractivity contribution < 1.29 is 4.42 Å². The number of benzene rings is 1. The summed E-state index contributed by atoms with van der Waals surface area (Å²) in [6, 6.07) is 7.74. The third kappa shape index (κ3) is 3.10. The minimum absolute atomic E-state index is 0. The molecule has 104 valence electrons. The normalized spacial score (nSPS) is 15.2. The van der Waals surface area contributed by atoms with Crippen LogP contribution in [-0.4, -0.2) is 18.0 Å². The van der Waals surface area contributed by atoms with Crippen LogP contribution in [-0.2, 0) is 0 Å². The van der Waals surface area contributed by atoms with Crippen LogP contribution in [0.15, 0.2) is 40.0 Å². The summed E-state index contributed by atoms with van der Waals surface area (Å²) in [7, 11) is 0. The van der Waals surface area contributed by atoms with Crippen LogP contribution in [0.2, 0.25) is 0 Å². The quantitative estimate of drug-likeness (QED) is 0.802. The van der Waals surface area contributed by atoms with Crippen LogP contribution in [0.3, 0.4) is 0 Å². The molecule has 0 radical (unpaired) electrons. The van der Waals surface area contributed by atoms with Crippen molar-refractivity contribution in [2.75, 3.05) is 6.54 Å². The molecule has 1 aliphatic rings. The number of hydrogen-bond acceptors (Lipinski definition) is 6. The van der Waals surface area contributed by atoms with Gasteiger partial charge in [-0.05, 0) is 6.07 Å². The first-order valence-electron chi connectivity index (χ1n) is 5.37. The zero-order valence-electron chi connectivity index (χ0n) is 9.95. The van der Waals surface area contributed by atoms with Crippen molar-refractivity contribution in [3.63, 3.8) is 0 Å². The van der Waals surface area contributed by atoms with E-state index in [1.54, 1.807) is 17.7 Å². The third-order valence-electron chi connectivity index (χ3n) is 2.74. The van der Waals surface area contributed by atoms with E-state index in [9.17, 15) is 0 Å². The van der Waals surface area contributed by atoms with Crippen LogP contribution in [0.1, 0.15) is 11.6 Å². The van der Waals surface area contributed by atoms with Crippen LogP contribution in [0.5, 0.6) is 0 Å². The summed E-state index contributed by atoms with van der Waals surface area (Å²) in [4.78, 5) is 0. The van der Waals surface area contributed by atoms with Gasteiger partial charge in [-0.25, -0.2) is 5.53 Å². The molecule has 1 unspecified atom stereocenters. The van der Waals surface area contributed by atoms with E-state index in [1.807, 2.05) is 24.3 Å². The summed E-state index contributed by atoms with van der Waals surface area (Å²) >= 11 is 0. The van der Waals surface area contributed by atoms with E-state index in [0.717, 1.165) is 16.5 Å². The van der Waals surface area contributed by atoms with Gasteiger partial charge in [-0.3, -0.25) is 5.43 Å². The molecular formula is C11H15Cl2N5O. The molecule has 4 N–H and O–H groups in total. The molecule has 6 nitrogen and oxygen atoms in total. The number of para-hydroxylation sites is 1. The SMILES string of the molecule is Cl.Cl.NC(CN1NC=NN1)c1cccc2ccoc12. The van der Waals surface area contributed by atoms with Crippen LogP contribution < -0.4 is 16.7 Å². The molecule has 1 aromatic heterocycles. The molecule has 0 spiro atoms. The number of halogens is 2. The summed E-state index contributed by atoms with van der Waals surface area (Å²) in [5.41, 5.74) is 13.7. The molecule has 0 saturated carbocycles. The van der Waals surface area contributed by atoms with E-state index in [-0.39, 0.29) is 30.9 Å². The van der Waals surface area contributed by atoms with Crippen molar-refractivity contribution >= 4 is 42.1 Å². The molecule has 0 fully saturated rings. The van der Waals surface area contributed by atoms with E-state index in [0.29, 0.717) is 6.54 Å². The fraction of sp³-hybridized carbons (Fsp3) is 0.182. The number of hydrazone groups is 1. The average molecular weight is 304 g/mol. The molecule has 8 heteroatoms. The Morgan fingerprint density at radius 3 is 2.89 bits per heavy atom. The van der Waals surface area contributed by atoms with Crippen molar-refractivity contribution in [1.29, 1.82) is 0 Å². The molecule has 1 aromatic carbocycles. The summed E-state index contributed by atoms with van der Waals surface area (Å²) in [5.74, 6) is 0. The summed E-state index contributed by atoms with van der Waals surface area (Å²) in [6.07, 6.45) is 3.25. The van der Waals surface area contributed by atoms with E-state index in [1.165, 1.54) is 0 Å². The number of rotatable bonds is 3. The highest BCUT2D eigenvalue weighted by molar-refractivity contribution is 5.85. The van der Waals surface area contributed by atoms with E-state index in [4.69, 9.17) is 10.2 Å². The van der Waals surface area contributed by atoms with Gasteiger partial charge in [0.25, 0.3) is 0 Å². The molecule has 2 heterocycles. The van der Waals surface area contributed by atoms with Gasteiger partial charge >= 0.3 is 0 Å². The average Bonchev–Trinajstić information content (AvgIpc) is 2.97. The van der Waals surface area contributed by atoms with Crippen molar-refractivity contribution in [1.82, 2.24) is 16.1 Å². The predicted octanol–water partition coefficient (Wildman–Crippen LogP) is 1.54. The van der Waals surface area contributed by atoms with Gasteiger partial charge < -0.3 is 10.2 Å². The molecular weight excluding hydrogens is 289 g/mol. The Kier molecular flexibility index (Phi) is 5.44. The molecule has 0 amide bonds. The zero-order valence-corrected chi connectivity index (χ0v) is 11.6. The molecule has 2 aromatic rings. The molecule has 19 heavy (non-hydrogen) atoms. The lowest BCUT2D eigenvalue weighted by Gasteiger charge is -2.19. The van der Waals surface area contributed by atoms with E-state index in [2.05, 4.69) is 16.1 Å². The maximum atomic E-state index is 6.16. The van der Waals surface area contributed by atoms with Gasteiger partial charge in [0.15, 0.2) is 0 Å². The number of nitrogens with zero attached hydrogens (tertiary/aromatic N) is 2. The third-order valence-corrected chi connectivity index (χ3v) is 2.74. The van der Waals surface area contributed by atoms with Gasteiger partial charge in [0.1, 0.15) is 11.9 Å². The second kappa shape index (κ2) is 6.63. The van der Waals surface area contributed by atoms with E-state index >= 15 is 0 Å². The van der Waals surface area contributed by atoms with Crippen LogP contribution in [0, 0.1) is 0 Å². The van der Waals surface area contributed by atoms with Gasteiger partial charge in [-0.15, -0.1) is 29.9 Å². The molecule has 0 aliphatic carbocycles. The highest BCUT2D eigenvalue weighted by Gasteiger charge is 2.16. The number of hydrazine groups is 2. The Bertz CT molecular complexity index is 551. The van der Waals surface area contributed by atoms with Gasteiger partial charge in [-0.1, -0.05) is 18.2 Å². The highest BCUT2D eigenvalue weighted by atomic mass is 35.5.